The van der Waals surface area contributed by atoms with Crippen LogP contribution in [0.5, 0.6) is 5.75 Å². The molecule has 0 fully saturated rings. The van der Waals surface area contributed by atoms with Gasteiger partial charge in [0, 0.05) is 5.69 Å². The highest BCUT2D eigenvalue weighted by Crippen LogP contribution is 2.33. The lowest BCUT2D eigenvalue weighted by molar-refractivity contribution is 0.198. The third-order valence-corrected chi connectivity index (χ3v) is 3.53. The lowest BCUT2D eigenvalue weighted by atomic mass is 10.2. The molecule has 5 heteroatoms. The van der Waals surface area contributed by atoms with Crippen LogP contribution in [0, 0.1) is 0 Å². The van der Waals surface area contributed by atoms with Crippen LogP contribution in [0.4, 0.5) is 5.69 Å². The molecule has 0 aliphatic carbocycles. The predicted molar refractivity (Wildman–Crippen MR) is 79.7 cm³/mol. The van der Waals surface area contributed by atoms with Crippen molar-refractivity contribution in [2.45, 2.75) is 6.10 Å². The summed E-state index contributed by atoms with van der Waals surface area (Å²) in [6, 6.07) is 17.9. The van der Waals surface area contributed by atoms with Crippen molar-refractivity contribution >= 4 is 5.69 Å². The number of aromatic nitrogens is 3. The third kappa shape index (κ3) is 2.12. The highest BCUT2D eigenvalue weighted by molar-refractivity contribution is 5.57. The van der Waals surface area contributed by atoms with Gasteiger partial charge in [0.2, 0.25) is 0 Å². The van der Waals surface area contributed by atoms with Gasteiger partial charge in [-0.05, 0) is 24.3 Å². The van der Waals surface area contributed by atoms with Crippen LogP contribution in [0.2, 0.25) is 0 Å². The molecule has 0 saturated heterocycles. The minimum absolute atomic E-state index is 0.164. The third-order valence-electron chi connectivity index (χ3n) is 3.53. The van der Waals surface area contributed by atoms with Crippen molar-refractivity contribution in [3.8, 4) is 11.4 Å². The number of ether oxygens (including phenoxy) is 1. The van der Waals surface area contributed by atoms with Gasteiger partial charge in [-0.1, -0.05) is 30.3 Å². The van der Waals surface area contributed by atoms with Crippen molar-refractivity contribution < 1.29 is 4.74 Å². The lowest BCUT2D eigenvalue weighted by Gasteiger charge is -2.26. The fourth-order valence-corrected chi connectivity index (χ4v) is 2.51. The van der Waals surface area contributed by atoms with E-state index in [-0.39, 0.29) is 6.10 Å². The number of nitrogens with one attached hydrogen (secondary N) is 1. The Morgan fingerprint density at radius 2 is 1.86 bits per heavy atom. The van der Waals surface area contributed by atoms with Gasteiger partial charge in [0.25, 0.3) is 0 Å². The Morgan fingerprint density at radius 1 is 1.05 bits per heavy atom. The van der Waals surface area contributed by atoms with Gasteiger partial charge in [-0.15, -0.1) is 10.2 Å². The average molecular weight is 278 g/mol. The highest BCUT2D eigenvalue weighted by Gasteiger charge is 2.25. The highest BCUT2D eigenvalue weighted by atomic mass is 16.5. The van der Waals surface area contributed by atoms with E-state index in [9.17, 15) is 0 Å². The zero-order valence-corrected chi connectivity index (χ0v) is 11.3. The summed E-state index contributed by atoms with van der Waals surface area (Å²) >= 11 is 0. The van der Waals surface area contributed by atoms with E-state index in [1.807, 2.05) is 59.2 Å². The number of hydrogen-bond donors (Lipinski definition) is 1. The molecule has 104 valence electrons. The van der Waals surface area contributed by atoms with Crippen molar-refractivity contribution in [3.05, 3.63) is 66.7 Å². The topological polar surface area (TPSA) is 52.0 Å². The quantitative estimate of drug-likeness (QED) is 0.783. The van der Waals surface area contributed by atoms with Crippen LogP contribution in [0.3, 0.4) is 0 Å². The summed E-state index contributed by atoms with van der Waals surface area (Å²) in [5.41, 5.74) is 2.04. The number of fused-ring (bicyclic) bond motifs is 1. The largest absolute Gasteiger partial charge is 0.478 e. The Labute approximate surface area is 122 Å². The van der Waals surface area contributed by atoms with E-state index in [1.165, 1.54) is 0 Å². The lowest BCUT2D eigenvalue weighted by Crippen LogP contribution is -2.26. The molecule has 1 unspecified atom stereocenters. The molecule has 1 aliphatic rings. The fraction of sp³-hybridized carbons (Fsp3) is 0.125. The smallest absolute Gasteiger partial charge is 0.180 e. The Bertz CT molecular complexity index is 754. The fourth-order valence-electron chi connectivity index (χ4n) is 2.51. The summed E-state index contributed by atoms with van der Waals surface area (Å²) in [5, 5.41) is 11.6. The molecule has 21 heavy (non-hydrogen) atoms. The summed E-state index contributed by atoms with van der Waals surface area (Å²) in [6.07, 6.45) is 1.55. The Kier molecular flexibility index (Phi) is 2.81. The molecule has 0 saturated carbocycles. The molecule has 2 aromatic carbocycles. The van der Waals surface area contributed by atoms with Crippen LogP contribution in [-0.2, 0) is 0 Å². The molecule has 0 amide bonds. The Balaban J connectivity index is 1.69. The summed E-state index contributed by atoms with van der Waals surface area (Å²) in [7, 11) is 0. The number of para-hydroxylation sites is 3. The van der Waals surface area contributed by atoms with Crippen LogP contribution >= 0.6 is 0 Å². The summed E-state index contributed by atoms with van der Waals surface area (Å²) in [5.74, 6) is 1.64. The number of anilines is 1. The molecular formula is C16H14N4O. The molecule has 3 aromatic rings. The zero-order valence-electron chi connectivity index (χ0n) is 11.3. The molecule has 0 radical (unpaired) electrons. The van der Waals surface area contributed by atoms with Crippen molar-refractivity contribution in [2.75, 3.05) is 11.9 Å². The molecule has 4 rings (SSSR count). The molecule has 0 bridgehead atoms. The summed E-state index contributed by atoms with van der Waals surface area (Å²) < 4.78 is 8.01. The van der Waals surface area contributed by atoms with Crippen molar-refractivity contribution in [2.24, 2.45) is 0 Å². The van der Waals surface area contributed by atoms with Gasteiger partial charge >= 0.3 is 0 Å². The maximum atomic E-state index is 6.05. The molecule has 1 atom stereocenters. The normalized spacial score (nSPS) is 16.7. The zero-order chi connectivity index (χ0) is 14.1. The first kappa shape index (κ1) is 12.0. The minimum Gasteiger partial charge on any atom is -0.478 e. The first-order valence-corrected chi connectivity index (χ1v) is 6.87. The van der Waals surface area contributed by atoms with Gasteiger partial charge in [-0.25, -0.2) is 0 Å². The maximum absolute atomic E-state index is 6.05. The molecule has 2 heterocycles. The second kappa shape index (κ2) is 4.94. The van der Waals surface area contributed by atoms with E-state index in [4.69, 9.17) is 4.74 Å². The number of nitrogens with zero attached hydrogens (tertiary/aromatic N) is 3. The van der Waals surface area contributed by atoms with E-state index in [2.05, 4.69) is 15.5 Å². The number of benzene rings is 2. The molecule has 1 aromatic heterocycles. The molecule has 5 nitrogen and oxygen atoms in total. The molecule has 1 N–H and O–H groups in total. The van der Waals surface area contributed by atoms with Gasteiger partial charge < -0.3 is 10.1 Å². The molecule has 0 spiro atoms. The summed E-state index contributed by atoms with van der Waals surface area (Å²) in [6.45, 7) is 0.669. The van der Waals surface area contributed by atoms with Gasteiger partial charge in [0.1, 0.15) is 12.1 Å². The monoisotopic (exact) mass is 278 g/mol. The molecule has 1 aliphatic heterocycles. The molecular weight excluding hydrogens is 264 g/mol. The van der Waals surface area contributed by atoms with Crippen LogP contribution in [0.1, 0.15) is 11.9 Å². The standard InChI is InChI=1S/C16H14N4O/c1-2-6-12(7-3-1)20-11-18-19-16(20)15-10-17-13-8-4-5-9-14(13)21-15/h1-9,11,15,17H,10H2. The van der Waals surface area contributed by atoms with E-state index < -0.39 is 0 Å². The number of hydrogen-bond acceptors (Lipinski definition) is 4. The Morgan fingerprint density at radius 3 is 2.76 bits per heavy atom. The van der Waals surface area contributed by atoms with Gasteiger partial charge in [-0.3, -0.25) is 4.57 Å². The average Bonchev–Trinajstić information content (AvgIpc) is 3.05. The van der Waals surface area contributed by atoms with Gasteiger partial charge in [-0.2, -0.15) is 0 Å². The van der Waals surface area contributed by atoms with Crippen molar-refractivity contribution in [3.63, 3.8) is 0 Å². The van der Waals surface area contributed by atoms with Crippen molar-refractivity contribution in [1.29, 1.82) is 0 Å². The SMILES string of the molecule is c1ccc(-n2cnnc2C2CNc3ccccc3O2)cc1. The second-order valence-electron chi connectivity index (χ2n) is 4.88. The number of rotatable bonds is 2. The van der Waals surface area contributed by atoms with Gasteiger partial charge in [0.05, 0.1) is 12.2 Å². The van der Waals surface area contributed by atoms with Crippen molar-refractivity contribution in [1.82, 2.24) is 14.8 Å². The Hall–Kier alpha value is -2.82. The van der Waals surface area contributed by atoms with E-state index in [0.29, 0.717) is 6.54 Å². The van der Waals surface area contributed by atoms with Gasteiger partial charge in [0.15, 0.2) is 11.9 Å². The van der Waals surface area contributed by atoms with Crippen LogP contribution < -0.4 is 10.1 Å². The maximum Gasteiger partial charge on any atom is 0.180 e. The first-order valence-electron chi connectivity index (χ1n) is 6.87. The second-order valence-corrected chi connectivity index (χ2v) is 4.88. The van der Waals surface area contributed by atoms with E-state index in [1.54, 1.807) is 6.33 Å². The van der Waals surface area contributed by atoms with Crippen LogP contribution in [0.15, 0.2) is 60.9 Å². The van der Waals surface area contributed by atoms with E-state index in [0.717, 1.165) is 22.9 Å². The minimum atomic E-state index is -0.164. The van der Waals surface area contributed by atoms with E-state index >= 15 is 0 Å². The predicted octanol–water partition coefficient (Wildman–Crippen LogP) is 2.81. The first-order chi connectivity index (χ1) is 10.4. The van der Waals surface area contributed by atoms with Crippen LogP contribution in [-0.4, -0.2) is 21.3 Å². The van der Waals surface area contributed by atoms with Crippen LogP contribution in [0.25, 0.3) is 5.69 Å². The summed E-state index contributed by atoms with van der Waals surface area (Å²) in [4.78, 5) is 0.